The molecule has 2 amide bonds. The minimum absolute atomic E-state index is 0.108. The van der Waals surface area contributed by atoms with Crippen LogP contribution in [0.1, 0.15) is 12.8 Å². The van der Waals surface area contributed by atoms with Crippen molar-refractivity contribution in [2.24, 2.45) is 0 Å². The van der Waals surface area contributed by atoms with E-state index in [1.165, 1.54) is 0 Å². The third-order valence-electron chi connectivity index (χ3n) is 2.55. The Balaban J connectivity index is 2.26. The van der Waals surface area contributed by atoms with Gasteiger partial charge < -0.3 is 15.1 Å². The van der Waals surface area contributed by atoms with E-state index in [0.29, 0.717) is 19.4 Å². The average Bonchev–Trinajstić information content (AvgIpc) is 2.39. The lowest BCUT2D eigenvalue weighted by molar-refractivity contribution is -0.129. The molecule has 0 aromatic heterocycles. The predicted molar refractivity (Wildman–Crippen MR) is 57.4 cm³/mol. The Hall–Kier alpha value is -1.10. The molecule has 0 aromatic carbocycles. The molecule has 0 unspecified atom stereocenters. The number of rotatable bonds is 3. The highest BCUT2D eigenvalue weighted by molar-refractivity contribution is 5.76. The molecular formula is C10H19N3O2. The van der Waals surface area contributed by atoms with E-state index < -0.39 is 0 Å². The first-order chi connectivity index (χ1) is 7.09. The molecule has 0 atom stereocenters. The first-order valence-electron chi connectivity index (χ1n) is 5.29. The first kappa shape index (κ1) is 12.0. The van der Waals surface area contributed by atoms with Gasteiger partial charge in [-0.3, -0.25) is 9.59 Å². The number of amides is 2. The summed E-state index contributed by atoms with van der Waals surface area (Å²) >= 11 is 0. The van der Waals surface area contributed by atoms with Crippen LogP contribution in [0.4, 0.5) is 0 Å². The molecule has 15 heavy (non-hydrogen) atoms. The normalized spacial score (nSPS) is 18.1. The molecule has 1 heterocycles. The summed E-state index contributed by atoms with van der Waals surface area (Å²) in [7, 11) is 3.52. The Kier molecular flexibility index (Phi) is 4.55. The lowest BCUT2D eigenvalue weighted by Crippen LogP contribution is -2.32. The fourth-order valence-electron chi connectivity index (χ4n) is 1.51. The molecule has 0 radical (unpaired) electrons. The Bertz CT molecular complexity index is 241. The summed E-state index contributed by atoms with van der Waals surface area (Å²) in [5.41, 5.74) is 0. The summed E-state index contributed by atoms with van der Waals surface area (Å²) in [5.74, 6) is 0.245. The van der Waals surface area contributed by atoms with Gasteiger partial charge in [-0.2, -0.15) is 0 Å². The molecule has 0 aromatic rings. The van der Waals surface area contributed by atoms with Gasteiger partial charge in [-0.25, -0.2) is 0 Å². The Morgan fingerprint density at radius 3 is 2.87 bits per heavy atom. The molecule has 5 nitrogen and oxygen atoms in total. The van der Waals surface area contributed by atoms with E-state index in [1.807, 2.05) is 0 Å². The standard InChI is InChI=1S/C10H19N3O2/c1-12(2)10(15)4-7-13-6-3-9(14)11-5-8-13/h3-8H2,1-2H3,(H,11,14). The number of nitrogens with one attached hydrogen (secondary N) is 1. The van der Waals surface area contributed by atoms with Crippen LogP contribution in [0.2, 0.25) is 0 Å². The summed E-state index contributed by atoms with van der Waals surface area (Å²) in [6.45, 7) is 3.03. The number of carbonyl (C=O) groups excluding carboxylic acids is 2. The summed E-state index contributed by atoms with van der Waals surface area (Å²) in [5, 5.41) is 2.81. The first-order valence-corrected chi connectivity index (χ1v) is 5.29. The van der Waals surface area contributed by atoms with Crippen LogP contribution in [0.25, 0.3) is 0 Å². The van der Waals surface area contributed by atoms with Crippen LogP contribution in [0, 0.1) is 0 Å². The topological polar surface area (TPSA) is 52.7 Å². The van der Waals surface area contributed by atoms with Crippen molar-refractivity contribution in [3.05, 3.63) is 0 Å². The smallest absolute Gasteiger partial charge is 0.223 e. The van der Waals surface area contributed by atoms with Crippen LogP contribution in [-0.2, 0) is 9.59 Å². The molecule has 0 saturated carbocycles. The summed E-state index contributed by atoms with van der Waals surface area (Å²) in [6.07, 6.45) is 1.07. The third kappa shape index (κ3) is 4.29. The Labute approximate surface area is 90.4 Å². The van der Waals surface area contributed by atoms with Crippen LogP contribution in [-0.4, -0.2) is 61.9 Å². The van der Waals surface area contributed by atoms with Gasteiger partial charge in [0, 0.05) is 53.1 Å². The number of carbonyl (C=O) groups is 2. The van der Waals surface area contributed by atoms with Gasteiger partial charge in [-0.05, 0) is 0 Å². The van der Waals surface area contributed by atoms with E-state index in [9.17, 15) is 9.59 Å². The highest BCUT2D eigenvalue weighted by Crippen LogP contribution is 1.99. The highest BCUT2D eigenvalue weighted by Gasteiger charge is 2.14. The van der Waals surface area contributed by atoms with Crippen molar-refractivity contribution in [2.45, 2.75) is 12.8 Å². The lowest BCUT2D eigenvalue weighted by atomic mass is 10.3. The van der Waals surface area contributed by atoms with Crippen molar-refractivity contribution in [1.82, 2.24) is 15.1 Å². The maximum atomic E-state index is 11.4. The van der Waals surface area contributed by atoms with Gasteiger partial charge in [-0.15, -0.1) is 0 Å². The largest absolute Gasteiger partial charge is 0.355 e. The van der Waals surface area contributed by atoms with E-state index in [1.54, 1.807) is 19.0 Å². The maximum absolute atomic E-state index is 11.4. The Morgan fingerprint density at radius 1 is 1.47 bits per heavy atom. The SMILES string of the molecule is CN(C)C(=O)CCN1CCNC(=O)CC1. The van der Waals surface area contributed by atoms with Gasteiger partial charge in [0.2, 0.25) is 11.8 Å². The molecule has 1 aliphatic heterocycles. The fraction of sp³-hybridized carbons (Fsp3) is 0.800. The quantitative estimate of drug-likeness (QED) is 0.673. The average molecular weight is 213 g/mol. The molecule has 1 aliphatic rings. The molecule has 1 N–H and O–H groups in total. The minimum Gasteiger partial charge on any atom is -0.355 e. The van der Waals surface area contributed by atoms with Crippen molar-refractivity contribution in [1.29, 1.82) is 0 Å². The van der Waals surface area contributed by atoms with Gasteiger partial charge in [0.1, 0.15) is 0 Å². The minimum atomic E-state index is 0.108. The van der Waals surface area contributed by atoms with Gasteiger partial charge >= 0.3 is 0 Å². The van der Waals surface area contributed by atoms with E-state index in [0.717, 1.165) is 19.6 Å². The molecule has 0 aliphatic carbocycles. The van der Waals surface area contributed by atoms with Crippen molar-refractivity contribution >= 4 is 11.8 Å². The van der Waals surface area contributed by atoms with Crippen LogP contribution < -0.4 is 5.32 Å². The van der Waals surface area contributed by atoms with Gasteiger partial charge in [0.25, 0.3) is 0 Å². The summed E-state index contributed by atoms with van der Waals surface area (Å²) in [6, 6.07) is 0. The summed E-state index contributed by atoms with van der Waals surface area (Å²) < 4.78 is 0. The molecule has 5 heteroatoms. The van der Waals surface area contributed by atoms with Gasteiger partial charge in [0.15, 0.2) is 0 Å². The van der Waals surface area contributed by atoms with Crippen LogP contribution in [0.3, 0.4) is 0 Å². The zero-order chi connectivity index (χ0) is 11.3. The fourth-order valence-corrected chi connectivity index (χ4v) is 1.51. The summed E-state index contributed by atoms with van der Waals surface area (Å²) in [4.78, 5) is 26.2. The molecule has 86 valence electrons. The second-order valence-electron chi connectivity index (χ2n) is 3.98. The van der Waals surface area contributed by atoms with Crippen LogP contribution in [0.15, 0.2) is 0 Å². The van der Waals surface area contributed by atoms with Gasteiger partial charge in [0.05, 0.1) is 0 Å². The van der Waals surface area contributed by atoms with Crippen molar-refractivity contribution in [3.8, 4) is 0 Å². The molecule has 0 spiro atoms. The van der Waals surface area contributed by atoms with E-state index in [-0.39, 0.29) is 11.8 Å². The van der Waals surface area contributed by atoms with Crippen molar-refractivity contribution in [2.75, 3.05) is 40.3 Å². The molecule has 1 rings (SSSR count). The Morgan fingerprint density at radius 2 is 2.20 bits per heavy atom. The predicted octanol–water partition coefficient (Wildman–Crippen LogP) is -0.713. The van der Waals surface area contributed by atoms with Crippen molar-refractivity contribution in [3.63, 3.8) is 0 Å². The van der Waals surface area contributed by atoms with E-state index >= 15 is 0 Å². The van der Waals surface area contributed by atoms with E-state index in [4.69, 9.17) is 0 Å². The third-order valence-corrected chi connectivity index (χ3v) is 2.55. The zero-order valence-corrected chi connectivity index (χ0v) is 9.45. The van der Waals surface area contributed by atoms with E-state index in [2.05, 4.69) is 10.2 Å². The molecule has 1 fully saturated rings. The second-order valence-corrected chi connectivity index (χ2v) is 3.98. The molecule has 1 saturated heterocycles. The van der Waals surface area contributed by atoms with Gasteiger partial charge in [-0.1, -0.05) is 0 Å². The lowest BCUT2D eigenvalue weighted by Gasteiger charge is -2.19. The molecule has 0 bridgehead atoms. The van der Waals surface area contributed by atoms with Crippen LogP contribution >= 0.6 is 0 Å². The number of hydrogen-bond acceptors (Lipinski definition) is 3. The molecular weight excluding hydrogens is 194 g/mol. The monoisotopic (exact) mass is 213 g/mol. The zero-order valence-electron chi connectivity index (χ0n) is 9.45. The highest BCUT2D eigenvalue weighted by atomic mass is 16.2. The maximum Gasteiger partial charge on any atom is 0.223 e. The number of nitrogens with zero attached hydrogens (tertiary/aromatic N) is 2. The number of hydrogen-bond donors (Lipinski definition) is 1. The van der Waals surface area contributed by atoms with Crippen LogP contribution in [0.5, 0.6) is 0 Å². The second kappa shape index (κ2) is 5.70. The van der Waals surface area contributed by atoms with Crippen molar-refractivity contribution < 1.29 is 9.59 Å².